The summed E-state index contributed by atoms with van der Waals surface area (Å²) in [5, 5.41) is 3.50. The van der Waals surface area contributed by atoms with E-state index in [1.807, 2.05) is 11.0 Å². The van der Waals surface area contributed by atoms with Crippen LogP contribution in [0, 0.1) is 18.3 Å². The maximum absolute atomic E-state index is 14.2. The van der Waals surface area contributed by atoms with E-state index < -0.39 is 17.8 Å². The van der Waals surface area contributed by atoms with Crippen molar-refractivity contribution < 1.29 is 13.5 Å². The van der Waals surface area contributed by atoms with Crippen molar-refractivity contribution in [3.63, 3.8) is 0 Å². The number of rotatable bonds is 9. The number of para-hydroxylation sites is 2. The number of morpholine rings is 1. The van der Waals surface area contributed by atoms with Crippen LogP contribution < -0.4 is 10.2 Å². The van der Waals surface area contributed by atoms with Crippen LogP contribution in [-0.2, 0) is 4.74 Å². The fourth-order valence-electron chi connectivity index (χ4n) is 5.82. The van der Waals surface area contributed by atoms with Gasteiger partial charge in [0.1, 0.15) is 0 Å². The molecule has 5 rings (SSSR count). The summed E-state index contributed by atoms with van der Waals surface area (Å²) in [4.78, 5) is 22.7. The van der Waals surface area contributed by atoms with E-state index in [0.29, 0.717) is 61.6 Å². The van der Waals surface area contributed by atoms with Crippen molar-refractivity contribution in [3.05, 3.63) is 53.4 Å². The van der Waals surface area contributed by atoms with E-state index in [0.717, 1.165) is 25.9 Å². The minimum absolute atomic E-state index is 0.0873. The third kappa shape index (κ3) is 7.20. The van der Waals surface area contributed by atoms with Gasteiger partial charge in [-0.25, -0.2) is 13.8 Å². The summed E-state index contributed by atoms with van der Waals surface area (Å²) < 4.78 is 35.4. The van der Waals surface area contributed by atoms with Crippen molar-refractivity contribution in [1.29, 1.82) is 0 Å². The predicted octanol–water partition coefficient (Wildman–Crippen LogP) is 5.41. The van der Waals surface area contributed by atoms with Crippen molar-refractivity contribution in [2.45, 2.75) is 52.0 Å². The number of fused-ring (bicyclic) bond motifs is 1. The van der Waals surface area contributed by atoms with Gasteiger partial charge in [0, 0.05) is 18.6 Å². The number of allylic oxidation sites excluding steroid dienone is 3. The normalized spacial score (nSPS) is 18.0. The highest BCUT2D eigenvalue weighted by Crippen LogP contribution is 2.32. The summed E-state index contributed by atoms with van der Waals surface area (Å²) in [5.41, 5.74) is 2.95. The minimum Gasteiger partial charge on any atom is -0.378 e. The lowest BCUT2D eigenvalue weighted by Gasteiger charge is -2.33. The Hall–Kier alpha value is -3.88. The molecule has 4 heterocycles. The quantitative estimate of drug-likeness (QED) is 0.262. The molecule has 11 heteroatoms. The first-order chi connectivity index (χ1) is 20.6. The molecule has 0 radical (unpaired) electrons. The number of alkyl halides is 2. The van der Waals surface area contributed by atoms with Gasteiger partial charge in [0.15, 0.2) is 5.82 Å². The van der Waals surface area contributed by atoms with Gasteiger partial charge in [0.05, 0.1) is 24.2 Å². The maximum atomic E-state index is 14.2. The standard InChI is InChI=1S/C32H40F2N8O/c1-6-7-10-24(22(2)23-13-15-40(5)16-14-23)21-32(3,4)39-29-36-30(41-17-19-43-20-18-41)38-31(37-29)42-26-12-9-8-11-25(26)35-28(42)27(33)34/h1,7-12,23,27H,13-21H2,2-5H3,(H,36,37,38,39)/b10-7-,24-22-. The number of hydrogen-bond donors (Lipinski definition) is 1. The topological polar surface area (TPSA) is 84.2 Å². The van der Waals surface area contributed by atoms with Gasteiger partial charge in [-0.15, -0.1) is 6.42 Å². The largest absolute Gasteiger partial charge is 0.378 e. The van der Waals surface area contributed by atoms with E-state index in [2.05, 4.69) is 58.9 Å². The zero-order chi connectivity index (χ0) is 30.6. The first kappa shape index (κ1) is 30.6. The van der Waals surface area contributed by atoms with Crippen LogP contribution in [0.25, 0.3) is 17.0 Å². The Morgan fingerprint density at radius 1 is 1.09 bits per heavy atom. The van der Waals surface area contributed by atoms with Crippen LogP contribution in [0.4, 0.5) is 20.7 Å². The summed E-state index contributed by atoms with van der Waals surface area (Å²) in [5.74, 6) is 3.49. The van der Waals surface area contributed by atoms with Crippen LogP contribution in [0.2, 0.25) is 0 Å². The maximum Gasteiger partial charge on any atom is 0.296 e. The molecule has 0 atom stereocenters. The third-order valence-corrected chi connectivity index (χ3v) is 8.19. The van der Waals surface area contributed by atoms with E-state index in [9.17, 15) is 8.78 Å². The van der Waals surface area contributed by atoms with Gasteiger partial charge in [0.25, 0.3) is 6.43 Å². The zero-order valence-electron chi connectivity index (χ0n) is 25.4. The Kier molecular flexibility index (Phi) is 9.37. The number of hydrogen-bond acceptors (Lipinski definition) is 8. The molecule has 0 aliphatic carbocycles. The molecule has 1 N–H and O–H groups in total. The minimum atomic E-state index is -2.82. The van der Waals surface area contributed by atoms with Gasteiger partial charge in [0.2, 0.25) is 17.8 Å². The Balaban J connectivity index is 1.53. The van der Waals surface area contributed by atoms with Crippen LogP contribution in [0.5, 0.6) is 0 Å². The number of imidazole rings is 1. The Morgan fingerprint density at radius 3 is 2.49 bits per heavy atom. The van der Waals surface area contributed by atoms with Crippen molar-refractivity contribution >= 4 is 22.9 Å². The number of terminal acetylenes is 1. The summed E-state index contributed by atoms with van der Waals surface area (Å²) in [7, 11) is 2.16. The number of benzene rings is 1. The van der Waals surface area contributed by atoms with E-state index >= 15 is 0 Å². The fourth-order valence-corrected chi connectivity index (χ4v) is 5.82. The predicted molar refractivity (Wildman–Crippen MR) is 166 cm³/mol. The molecule has 0 spiro atoms. The molecule has 2 saturated heterocycles. The average molecular weight is 591 g/mol. The van der Waals surface area contributed by atoms with Gasteiger partial charge in [-0.2, -0.15) is 15.0 Å². The fraction of sp³-hybridized carbons (Fsp3) is 0.500. The molecule has 2 aliphatic rings. The Bertz CT molecular complexity index is 1530. The summed E-state index contributed by atoms with van der Waals surface area (Å²) in [6.07, 6.45) is 9.43. The number of nitrogens with zero attached hydrogens (tertiary/aromatic N) is 7. The smallest absolute Gasteiger partial charge is 0.296 e. The van der Waals surface area contributed by atoms with Crippen LogP contribution >= 0.6 is 0 Å². The molecule has 43 heavy (non-hydrogen) atoms. The monoisotopic (exact) mass is 590 g/mol. The second-order valence-corrected chi connectivity index (χ2v) is 11.9. The summed E-state index contributed by atoms with van der Waals surface area (Å²) in [6, 6.07) is 7.00. The highest BCUT2D eigenvalue weighted by Gasteiger charge is 2.28. The van der Waals surface area contributed by atoms with E-state index in [4.69, 9.17) is 16.1 Å². The molecular formula is C32H40F2N8O. The first-order valence-electron chi connectivity index (χ1n) is 14.8. The molecule has 0 saturated carbocycles. The van der Waals surface area contributed by atoms with E-state index in [1.54, 1.807) is 30.3 Å². The molecule has 3 aromatic rings. The highest BCUT2D eigenvalue weighted by molar-refractivity contribution is 5.77. The second kappa shape index (κ2) is 13.2. The van der Waals surface area contributed by atoms with Gasteiger partial charge in [-0.05, 0) is 89.9 Å². The molecule has 0 amide bonds. The molecule has 2 fully saturated rings. The number of halogens is 2. The zero-order valence-corrected chi connectivity index (χ0v) is 25.4. The van der Waals surface area contributed by atoms with Gasteiger partial charge >= 0.3 is 0 Å². The van der Waals surface area contributed by atoms with Crippen molar-refractivity contribution in [3.8, 4) is 18.3 Å². The van der Waals surface area contributed by atoms with Crippen molar-refractivity contribution in [2.75, 3.05) is 56.7 Å². The molecule has 2 aromatic heterocycles. The lowest BCUT2D eigenvalue weighted by Crippen LogP contribution is -2.38. The highest BCUT2D eigenvalue weighted by atomic mass is 19.3. The number of nitrogens with one attached hydrogen (secondary N) is 1. The summed E-state index contributed by atoms with van der Waals surface area (Å²) >= 11 is 0. The summed E-state index contributed by atoms with van der Waals surface area (Å²) in [6.45, 7) is 10.7. The van der Waals surface area contributed by atoms with Crippen LogP contribution in [0.15, 0.2) is 47.6 Å². The van der Waals surface area contributed by atoms with Crippen molar-refractivity contribution in [2.24, 2.45) is 5.92 Å². The SMILES string of the molecule is C#C/C=C\C(CC(C)(C)Nc1nc(N2CCOCC2)nc(-n2c(C(F)F)nc3ccccc32)n1)=C(/C)C1CCN(C)CC1. The Morgan fingerprint density at radius 2 is 1.79 bits per heavy atom. The molecular weight excluding hydrogens is 550 g/mol. The number of aromatic nitrogens is 5. The van der Waals surface area contributed by atoms with Crippen molar-refractivity contribution in [1.82, 2.24) is 29.4 Å². The number of piperidine rings is 1. The van der Waals surface area contributed by atoms with Crippen LogP contribution in [0.1, 0.15) is 52.3 Å². The second-order valence-electron chi connectivity index (χ2n) is 11.9. The van der Waals surface area contributed by atoms with Crippen LogP contribution in [-0.4, -0.2) is 81.4 Å². The van der Waals surface area contributed by atoms with Crippen LogP contribution in [0.3, 0.4) is 0 Å². The van der Waals surface area contributed by atoms with Gasteiger partial charge in [-0.1, -0.05) is 29.7 Å². The molecule has 9 nitrogen and oxygen atoms in total. The molecule has 1 aromatic carbocycles. The molecule has 228 valence electrons. The first-order valence-corrected chi connectivity index (χ1v) is 14.8. The lowest BCUT2D eigenvalue weighted by atomic mass is 9.83. The van der Waals surface area contributed by atoms with Gasteiger partial charge in [-0.3, -0.25) is 4.57 Å². The number of likely N-dealkylation sites (tertiary alicyclic amines) is 1. The molecule has 0 unspecified atom stereocenters. The van der Waals surface area contributed by atoms with Gasteiger partial charge < -0.3 is 19.9 Å². The lowest BCUT2D eigenvalue weighted by molar-refractivity contribution is 0.122. The molecule has 2 aliphatic heterocycles. The average Bonchev–Trinajstić information content (AvgIpc) is 3.39. The van der Waals surface area contributed by atoms with E-state index in [-0.39, 0.29) is 5.95 Å². The van der Waals surface area contributed by atoms with E-state index in [1.165, 1.54) is 15.7 Å². The third-order valence-electron chi connectivity index (χ3n) is 8.19. The number of anilines is 2. The molecule has 0 bridgehead atoms. The Labute approximate surface area is 252 Å². The number of ether oxygens (including phenoxy) is 1.